The number of aromatic nitrogens is 3. The number of phenols is 2. The van der Waals surface area contributed by atoms with Crippen LogP contribution in [0.3, 0.4) is 0 Å². The fourth-order valence-corrected chi connectivity index (χ4v) is 5.97. The molecule has 0 bridgehead atoms. The van der Waals surface area contributed by atoms with Crippen LogP contribution in [-0.4, -0.2) is 25.2 Å². The normalized spacial score (nSPS) is 13.7. The first-order valence-corrected chi connectivity index (χ1v) is 14.0. The summed E-state index contributed by atoms with van der Waals surface area (Å²) in [7, 11) is 0. The second-order valence-corrected chi connectivity index (χ2v) is 14.2. The zero-order valence-electron chi connectivity index (χ0n) is 25.3. The Bertz CT molecular complexity index is 1470. The number of aromatic hydroxyl groups is 2. The van der Waals surface area contributed by atoms with Crippen LogP contribution < -0.4 is 0 Å². The molecule has 0 radical (unpaired) electrons. The Kier molecular flexibility index (Phi) is 7.35. The van der Waals surface area contributed by atoms with Gasteiger partial charge >= 0.3 is 0 Å². The van der Waals surface area contributed by atoms with E-state index in [0.29, 0.717) is 17.9 Å². The van der Waals surface area contributed by atoms with Gasteiger partial charge in [0.15, 0.2) is 0 Å². The van der Waals surface area contributed by atoms with Crippen LogP contribution in [0.5, 0.6) is 11.5 Å². The van der Waals surface area contributed by atoms with Crippen molar-refractivity contribution in [3.63, 3.8) is 0 Å². The molecule has 1 aromatic heterocycles. The molecule has 1 atom stereocenters. The van der Waals surface area contributed by atoms with E-state index in [2.05, 4.69) is 97.6 Å². The van der Waals surface area contributed by atoms with E-state index in [9.17, 15) is 10.2 Å². The average Bonchev–Trinajstić information content (AvgIpc) is 3.23. The minimum Gasteiger partial charge on any atom is -0.507 e. The molecule has 0 saturated heterocycles. The third-order valence-electron chi connectivity index (χ3n) is 7.57. The van der Waals surface area contributed by atoms with E-state index >= 15 is 0 Å². The van der Waals surface area contributed by atoms with Gasteiger partial charge in [0.2, 0.25) is 0 Å². The van der Waals surface area contributed by atoms with Gasteiger partial charge < -0.3 is 10.2 Å². The maximum atomic E-state index is 11.6. The molecule has 1 unspecified atom stereocenters. The quantitative estimate of drug-likeness (QED) is 0.264. The van der Waals surface area contributed by atoms with Crippen molar-refractivity contribution in [3.05, 3.63) is 76.3 Å². The first-order valence-electron chi connectivity index (χ1n) is 14.0. The maximum absolute atomic E-state index is 11.6. The number of rotatable bonds is 6. The summed E-state index contributed by atoms with van der Waals surface area (Å²) in [6.45, 7) is 21.9. The Morgan fingerprint density at radius 3 is 1.95 bits per heavy atom. The van der Waals surface area contributed by atoms with Gasteiger partial charge in [-0.25, -0.2) is 0 Å². The molecular weight excluding hydrogens is 482 g/mol. The molecule has 0 spiro atoms. The Labute approximate surface area is 233 Å². The SMILES string of the molecule is Cc1cc(C(C)Cc2cc(C(C)(C)CC(C)(C)C)cc(-n3nc4ccccc4n3)c2O)c(O)c(C(C)(C)C)c1. The molecule has 5 heteroatoms. The lowest BCUT2D eigenvalue weighted by atomic mass is 9.71. The van der Waals surface area contributed by atoms with Gasteiger partial charge in [0.25, 0.3) is 0 Å². The number of hydrogen-bond acceptors (Lipinski definition) is 4. The summed E-state index contributed by atoms with van der Waals surface area (Å²) in [5, 5.41) is 32.3. The van der Waals surface area contributed by atoms with E-state index < -0.39 is 0 Å². The highest BCUT2D eigenvalue weighted by molar-refractivity contribution is 5.73. The maximum Gasteiger partial charge on any atom is 0.146 e. The van der Waals surface area contributed by atoms with E-state index in [1.165, 1.54) is 0 Å². The van der Waals surface area contributed by atoms with Crippen molar-refractivity contribution >= 4 is 11.0 Å². The number of benzene rings is 3. The molecule has 5 nitrogen and oxygen atoms in total. The Balaban J connectivity index is 1.85. The highest BCUT2D eigenvalue weighted by atomic mass is 16.3. The number of fused-ring (bicyclic) bond motifs is 1. The molecule has 208 valence electrons. The topological polar surface area (TPSA) is 71.2 Å². The van der Waals surface area contributed by atoms with Crippen molar-refractivity contribution in [2.24, 2.45) is 5.41 Å². The van der Waals surface area contributed by atoms with Crippen LogP contribution in [0.4, 0.5) is 0 Å². The molecule has 0 fully saturated rings. The predicted octanol–water partition coefficient (Wildman–Crippen LogP) is 8.50. The predicted molar refractivity (Wildman–Crippen MR) is 161 cm³/mol. The van der Waals surface area contributed by atoms with Crippen LogP contribution in [0, 0.1) is 12.3 Å². The molecule has 0 saturated carbocycles. The highest BCUT2D eigenvalue weighted by Gasteiger charge is 2.30. The van der Waals surface area contributed by atoms with Gasteiger partial charge in [0.1, 0.15) is 28.2 Å². The first kappa shape index (κ1) is 28.7. The Morgan fingerprint density at radius 1 is 0.821 bits per heavy atom. The molecule has 4 rings (SSSR count). The van der Waals surface area contributed by atoms with Crippen LogP contribution in [-0.2, 0) is 17.3 Å². The summed E-state index contributed by atoms with van der Waals surface area (Å²) in [5.41, 5.74) is 6.90. The lowest BCUT2D eigenvalue weighted by Gasteiger charge is -2.34. The third-order valence-corrected chi connectivity index (χ3v) is 7.57. The molecule has 3 aromatic carbocycles. The summed E-state index contributed by atoms with van der Waals surface area (Å²) in [6, 6.07) is 16.1. The molecule has 39 heavy (non-hydrogen) atoms. The van der Waals surface area contributed by atoms with E-state index in [-0.39, 0.29) is 27.9 Å². The minimum atomic E-state index is -0.176. The average molecular weight is 528 g/mol. The largest absolute Gasteiger partial charge is 0.507 e. The van der Waals surface area contributed by atoms with Crippen LogP contribution in [0.1, 0.15) is 102 Å². The summed E-state index contributed by atoms with van der Waals surface area (Å²) >= 11 is 0. The van der Waals surface area contributed by atoms with Gasteiger partial charge in [-0.1, -0.05) is 98.2 Å². The van der Waals surface area contributed by atoms with Gasteiger partial charge in [0, 0.05) is 0 Å². The summed E-state index contributed by atoms with van der Waals surface area (Å²) in [4.78, 5) is 1.56. The van der Waals surface area contributed by atoms with Gasteiger partial charge in [-0.15, -0.1) is 15.0 Å². The van der Waals surface area contributed by atoms with Gasteiger partial charge in [-0.05, 0) is 82.4 Å². The van der Waals surface area contributed by atoms with Gasteiger partial charge in [-0.3, -0.25) is 0 Å². The van der Waals surface area contributed by atoms with E-state index in [1.54, 1.807) is 4.80 Å². The lowest BCUT2D eigenvalue weighted by Crippen LogP contribution is -2.25. The molecule has 4 aromatic rings. The second kappa shape index (κ2) is 10.0. The first-order chi connectivity index (χ1) is 18.0. The van der Waals surface area contributed by atoms with Crippen molar-refractivity contribution in [2.45, 2.75) is 98.8 Å². The smallest absolute Gasteiger partial charge is 0.146 e. The zero-order valence-corrected chi connectivity index (χ0v) is 25.3. The Morgan fingerprint density at radius 2 is 1.41 bits per heavy atom. The Hall–Kier alpha value is -3.34. The molecule has 0 amide bonds. The van der Waals surface area contributed by atoms with Crippen molar-refractivity contribution in [1.29, 1.82) is 0 Å². The number of hydrogen-bond donors (Lipinski definition) is 2. The zero-order chi connectivity index (χ0) is 28.9. The van der Waals surface area contributed by atoms with Crippen LogP contribution >= 0.6 is 0 Å². The standard InChI is InChI=1S/C34H45N3O2/c1-21-15-25(31(39)26(16-21)33(6,7)8)22(2)17-23-18-24(34(9,10)20-32(3,4)5)19-29(30(23)38)37-35-27-13-11-12-14-28(27)36-37/h11-16,18-19,22,38-39H,17,20H2,1-10H3. The van der Waals surface area contributed by atoms with Crippen molar-refractivity contribution < 1.29 is 10.2 Å². The molecule has 0 aliphatic rings. The van der Waals surface area contributed by atoms with E-state index in [0.717, 1.165) is 45.3 Å². The van der Waals surface area contributed by atoms with Crippen LogP contribution in [0.25, 0.3) is 16.7 Å². The molecule has 0 aliphatic carbocycles. The fourth-order valence-electron chi connectivity index (χ4n) is 5.97. The van der Waals surface area contributed by atoms with Crippen LogP contribution in [0.2, 0.25) is 0 Å². The number of phenolic OH excluding ortho intramolecular Hbond substituents is 2. The van der Waals surface area contributed by atoms with Crippen molar-refractivity contribution in [2.75, 3.05) is 0 Å². The lowest BCUT2D eigenvalue weighted by molar-refractivity contribution is 0.283. The van der Waals surface area contributed by atoms with Gasteiger partial charge in [-0.2, -0.15) is 0 Å². The number of nitrogens with zero attached hydrogens (tertiary/aromatic N) is 3. The summed E-state index contributed by atoms with van der Waals surface area (Å²) in [5.74, 6) is 0.514. The highest BCUT2D eigenvalue weighted by Crippen LogP contribution is 2.43. The van der Waals surface area contributed by atoms with Crippen molar-refractivity contribution in [1.82, 2.24) is 15.0 Å². The minimum absolute atomic E-state index is 0.0182. The van der Waals surface area contributed by atoms with Crippen molar-refractivity contribution in [3.8, 4) is 17.2 Å². The summed E-state index contributed by atoms with van der Waals surface area (Å²) in [6.07, 6.45) is 1.54. The van der Waals surface area contributed by atoms with E-state index in [1.807, 2.05) is 30.3 Å². The summed E-state index contributed by atoms with van der Waals surface area (Å²) < 4.78 is 0. The molecule has 1 heterocycles. The van der Waals surface area contributed by atoms with Crippen LogP contribution in [0.15, 0.2) is 48.5 Å². The van der Waals surface area contributed by atoms with Gasteiger partial charge in [0.05, 0.1) is 0 Å². The fraction of sp³-hybridized carbons (Fsp3) is 0.471. The van der Waals surface area contributed by atoms with E-state index in [4.69, 9.17) is 0 Å². The molecule has 2 N–H and O–H groups in total. The third kappa shape index (κ3) is 6.13. The number of aryl methyl sites for hydroxylation is 1. The molecule has 0 aliphatic heterocycles. The monoisotopic (exact) mass is 527 g/mol. The molecular formula is C34H45N3O2. The second-order valence-electron chi connectivity index (χ2n) is 14.2.